The molecule has 7 heteroatoms. The second kappa shape index (κ2) is 6.09. The second-order valence-corrected chi connectivity index (χ2v) is 5.31. The first-order valence-electron chi connectivity index (χ1n) is 6.58. The summed E-state index contributed by atoms with van der Waals surface area (Å²) in [4.78, 5) is 15.8. The van der Waals surface area contributed by atoms with Crippen molar-refractivity contribution in [3.05, 3.63) is 40.6 Å². The maximum Gasteiger partial charge on any atom is 0.245 e. The number of anilines is 1. The second-order valence-electron chi connectivity index (χ2n) is 4.40. The number of aromatic amines is 1. The van der Waals surface area contributed by atoms with Crippen LogP contribution in [0.2, 0.25) is 0 Å². The maximum atomic E-state index is 5.81. The van der Waals surface area contributed by atoms with Gasteiger partial charge in [0.15, 0.2) is 5.65 Å². The van der Waals surface area contributed by atoms with Crippen LogP contribution in [0.25, 0.3) is 11.2 Å². The lowest BCUT2D eigenvalue weighted by atomic mass is 10.2. The molecule has 0 saturated heterocycles. The SMILES string of the molecule is CCNc1nc(OCc2ccc(Br)cc2)c2[nH]cnc2n1. The van der Waals surface area contributed by atoms with Gasteiger partial charge >= 0.3 is 0 Å². The quantitative estimate of drug-likeness (QED) is 0.741. The monoisotopic (exact) mass is 347 g/mol. The summed E-state index contributed by atoms with van der Waals surface area (Å²) in [5.74, 6) is 1.01. The molecule has 0 atom stereocenters. The number of hydrogen-bond donors (Lipinski definition) is 2. The summed E-state index contributed by atoms with van der Waals surface area (Å²) < 4.78 is 6.85. The van der Waals surface area contributed by atoms with Gasteiger partial charge in [-0.2, -0.15) is 9.97 Å². The summed E-state index contributed by atoms with van der Waals surface area (Å²) in [5.41, 5.74) is 2.36. The highest BCUT2D eigenvalue weighted by Gasteiger charge is 2.11. The average molecular weight is 348 g/mol. The molecule has 2 heterocycles. The number of aromatic nitrogens is 4. The molecule has 0 fully saturated rings. The summed E-state index contributed by atoms with van der Waals surface area (Å²) in [5, 5.41) is 3.07. The lowest BCUT2D eigenvalue weighted by Crippen LogP contribution is -2.05. The lowest BCUT2D eigenvalue weighted by Gasteiger charge is -2.08. The summed E-state index contributed by atoms with van der Waals surface area (Å²) in [6.45, 7) is 3.16. The molecule has 0 aliphatic rings. The molecule has 0 aliphatic heterocycles. The number of halogens is 1. The highest BCUT2D eigenvalue weighted by atomic mass is 79.9. The van der Waals surface area contributed by atoms with Crippen LogP contribution in [0.3, 0.4) is 0 Å². The fourth-order valence-corrected chi connectivity index (χ4v) is 2.14. The molecular formula is C14H14BrN5O. The largest absolute Gasteiger partial charge is 0.471 e. The Morgan fingerprint density at radius 3 is 2.81 bits per heavy atom. The normalized spacial score (nSPS) is 10.8. The molecule has 2 aromatic heterocycles. The minimum Gasteiger partial charge on any atom is -0.471 e. The van der Waals surface area contributed by atoms with Gasteiger partial charge in [0.2, 0.25) is 11.8 Å². The molecule has 3 aromatic rings. The summed E-state index contributed by atoms with van der Waals surface area (Å²) in [6, 6.07) is 7.96. The number of nitrogens with one attached hydrogen (secondary N) is 2. The molecule has 0 bridgehead atoms. The van der Waals surface area contributed by atoms with Gasteiger partial charge in [0.1, 0.15) is 12.1 Å². The van der Waals surface area contributed by atoms with Gasteiger partial charge in [-0.05, 0) is 24.6 Å². The van der Waals surface area contributed by atoms with Crippen LogP contribution in [0.1, 0.15) is 12.5 Å². The molecular weight excluding hydrogens is 334 g/mol. The fourth-order valence-electron chi connectivity index (χ4n) is 1.88. The van der Waals surface area contributed by atoms with E-state index in [-0.39, 0.29) is 0 Å². The van der Waals surface area contributed by atoms with Gasteiger partial charge in [-0.25, -0.2) is 4.98 Å². The van der Waals surface area contributed by atoms with E-state index in [1.807, 2.05) is 31.2 Å². The van der Waals surface area contributed by atoms with Crippen molar-refractivity contribution in [1.29, 1.82) is 0 Å². The Morgan fingerprint density at radius 2 is 2.05 bits per heavy atom. The Bertz CT molecular complexity index is 741. The van der Waals surface area contributed by atoms with E-state index in [9.17, 15) is 0 Å². The molecule has 0 amide bonds. The fraction of sp³-hybridized carbons (Fsp3) is 0.214. The minimum atomic E-state index is 0.435. The number of benzene rings is 1. The molecule has 0 saturated carbocycles. The van der Waals surface area contributed by atoms with E-state index >= 15 is 0 Å². The highest BCUT2D eigenvalue weighted by Crippen LogP contribution is 2.22. The predicted octanol–water partition coefficient (Wildman–Crippen LogP) is 3.13. The maximum absolute atomic E-state index is 5.81. The van der Waals surface area contributed by atoms with Gasteiger partial charge in [-0.1, -0.05) is 28.1 Å². The number of fused-ring (bicyclic) bond motifs is 1. The minimum absolute atomic E-state index is 0.435. The standard InChI is InChI=1S/C14H14BrN5O/c1-2-16-14-19-12-11(17-8-18-12)13(20-14)21-7-9-3-5-10(15)6-4-9/h3-6,8H,2,7H2,1H3,(H2,16,17,18,19,20). The van der Waals surface area contributed by atoms with Crippen LogP contribution < -0.4 is 10.1 Å². The lowest BCUT2D eigenvalue weighted by molar-refractivity contribution is 0.297. The third kappa shape index (κ3) is 3.13. The van der Waals surface area contributed by atoms with Gasteiger partial charge in [0, 0.05) is 11.0 Å². The summed E-state index contributed by atoms with van der Waals surface area (Å²) in [6.07, 6.45) is 1.58. The van der Waals surface area contributed by atoms with Crippen molar-refractivity contribution in [3.8, 4) is 5.88 Å². The van der Waals surface area contributed by atoms with Crippen molar-refractivity contribution >= 4 is 33.0 Å². The van der Waals surface area contributed by atoms with Gasteiger partial charge in [0.25, 0.3) is 0 Å². The molecule has 108 valence electrons. The topological polar surface area (TPSA) is 75.7 Å². The molecule has 2 N–H and O–H groups in total. The van der Waals surface area contributed by atoms with Crippen LogP contribution in [0.5, 0.6) is 5.88 Å². The first-order chi connectivity index (χ1) is 10.3. The molecule has 0 spiro atoms. The van der Waals surface area contributed by atoms with Crippen LogP contribution >= 0.6 is 15.9 Å². The zero-order chi connectivity index (χ0) is 14.7. The van der Waals surface area contributed by atoms with Crippen molar-refractivity contribution in [1.82, 2.24) is 19.9 Å². The average Bonchev–Trinajstić information content (AvgIpc) is 2.95. The van der Waals surface area contributed by atoms with E-state index in [0.29, 0.717) is 29.6 Å². The highest BCUT2D eigenvalue weighted by molar-refractivity contribution is 9.10. The number of hydrogen-bond acceptors (Lipinski definition) is 5. The van der Waals surface area contributed by atoms with Gasteiger partial charge < -0.3 is 15.0 Å². The van der Waals surface area contributed by atoms with Crippen molar-refractivity contribution in [2.75, 3.05) is 11.9 Å². The van der Waals surface area contributed by atoms with E-state index < -0.39 is 0 Å². The number of rotatable bonds is 5. The van der Waals surface area contributed by atoms with Crippen LogP contribution in [-0.4, -0.2) is 26.5 Å². The Balaban J connectivity index is 1.84. The Morgan fingerprint density at radius 1 is 1.24 bits per heavy atom. The van der Waals surface area contributed by atoms with Gasteiger partial charge in [0.05, 0.1) is 6.33 Å². The first kappa shape index (κ1) is 13.8. The van der Waals surface area contributed by atoms with Crippen LogP contribution in [-0.2, 0) is 6.61 Å². The van der Waals surface area contributed by atoms with Gasteiger partial charge in [-0.3, -0.25) is 0 Å². The number of nitrogens with zero attached hydrogens (tertiary/aromatic N) is 3. The van der Waals surface area contributed by atoms with E-state index in [1.54, 1.807) is 6.33 Å². The van der Waals surface area contributed by atoms with Crippen molar-refractivity contribution in [2.45, 2.75) is 13.5 Å². The van der Waals surface area contributed by atoms with Crippen molar-refractivity contribution in [2.24, 2.45) is 0 Å². The van der Waals surface area contributed by atoms with E-state index in [1.165, 1.54) is 0 Å². The van der Waals surface area contributed by atoms with Crippen LogP contribution in [0, 0.1) is 0 Å². The Kier molecular flexibility index (Phi) is 4.01. The van der Waals surface area contributed by atoms with Crippen LogP contribution in [0.4, 0.5) is 5.95 Å². The molecule has 1 aromatic carbocycles. The third-order valence-electron chi connectivity index (χ3n) is 2.88. The molecule has 21 heavy (non-hydrogen) atoms. The van der Waals surface area contributed by atoms with Crippen molar-refractivity contribution in [3.63, 3.8) is 0 Å². The van der Waals surface area contributed by atoms with E-state index in [4.69, 9.17) is 4.74 Å². The zero-order valence-electron chi connectivity index (χ0n) is 11.4. The summed E-state index contributed by atoms with van der Waals surface area (Å²) in [7, 11) is 0. The Hall–Kier alpha value is -2.15. The number of ether oxygens (including phenoxy) is 1. The smallest absolute Gasteiger partial charge is 0.245 e. The number of imidazole rings is 1. The van der Waals surface area contributed by atoms with Gasteiger partial charge in [-0.15, -0.1) is 0 Å². The molecule has 6 nitrogen and oxygen atoms in total. The predicted molar refractivity (Wildman–Crippen MR) is 84.3 cm³/mol. The molecule has 0 aliphatic carbocycles. The first-order valence-corrected chi connectivity index (χ1v) is 7.38. The molecule has 3 rings (SSSR count). The Labute approximate surface area is 130 Å². The zero-order valence-corrected chi connectivity index (χ0v) is 13.0. The molecule has 0 radical (unpaired) electrons. The van der Waals surface area contributed by atoms with Crippen LogP contribution in [0.15, 0.2) is 35.1 Å². The van der Waals surface area contributed by atoms with E-state index in [0.717, 1.165) is 16.6 Å². The summed E-state index contributed by atoms with van der Waals surface area (Å²) >= 11 is 3.41. The molecule has 0 unspecified atom stereocenters. The van der Waals surface area contributed by atoms with E-state index in [2.05, 4.69) is 41.2 Å². The number of H-pyrrole nitrogens is 1. The van der Waals surface area contributed by atoms with Crippen molar-refractivity contribution < 1.29 is 4.74 Å². The third-order valence-corrected chi connectivity index (χ3v) is 3.40.